The Kier molecular flexibility index (Phi) is 6.26. The molecule has 0 aliphatic heterocycles. The molecule has 120 valence electrons. The SMILES string of the molecule is COCCN(CC(=O)O)C(=O)c1ccc(OC)c([N+](=O)[O-])c1. The standard InChI is InChI=1S/C13H16N2O7/c1-21-6-5-14(8-12(16)17)13(18)9-3-4-11(22-2)10(7-9)15(19)20/h3-4,7H,5-6,8H2,1-2H3,(H,16,17). The molecule has 0 heterocycles. The van der Waals surface area contributed by atoms with Crippen LogP contribution in [0, 0.1) is 10.1 Å². The second-order valence-electron chi connectivity index (χ2n) is 4.26. The third kappa shape index (κ3) is 4.42. The van der Waals surface area contributed by atoms with E-state index in [-0.39, 0.29) is 30.2 Å². The molecule has 0 saturated heterocycles. The molecule has 0 atom stereocenters. The van der Waals surface area contributed by atoms with Gasteiger partial charge < -0.3 is 19.5 Å². The van der Waals surface area contributed by atoms with Crippen LogP contribution in [0.2, 0.25) is 0 Å². The molecule has 1 aromatic carbocycles. The molecule has 9 nitrogen and oxygen atoms in total. The minimum Gasteiger partial charge on any atom is -0.490 e. The maximum absolute atomic E-state index is 12.3. The van der Waals surface area contributed by atoms with Crippen molar-refractivity contribution in [2.75, 3.05) is 33.9 Å². The van der Waals surface area contributed by atoms with Crippen molar-refractivity contribution in [3.63, 3.8) is 0 Å². The minimum absolute atomic E-state index is 0.00449. The molecule has 0 aliphatic rings. The smallest absolute Gasteiger partial charge is 0.323 e. The fraction of sp³-hybridized carbons (Fsp3) is 0.385. The average Bonchev–Trinajstić information content (AvgIpc) is 2.49. The van der Waals surface area contributed by atoms with E-state index in [4.69, 9.17) is 14.6 Å². The van der Waals surface area contributed by atoms with Crippen LogP contribution in [0.15, 0.2) is 18.2 Å². The highest BCUT2D eigenvalue weighted by molar-refractivity contribution is 5.96. The van der Waals surface area contributed by atoms with Crippen LogP contribution < -0.4 is 4.74 Å². The van der Waals surface area contributed by atoms with Crippen molar-refractivity contribution in [1.29, 1.82) is 0 Å². The van der Waals surface area contributed by atoms with Crippen LogP contribution in [0.25, 0.3) is 0 Å². The lowest BCUT2D eigenvalue weighted by Crippen LogP contribution is -2.38. The second kappa shape index (κ2) is 7.93. The van der Waals surface area contributed by atoms with Crippen LogP contribution in [-0.2, 0) is 9.53 Å². The highest BCUT2D eigenvalue weighted by Gasteiger charge is 2.22. The van der Waals surface area contributed by atoms with Gasteiger partial charge in [0, 0.05) is 25.3 Å². The van der Waals surface area contributed by atoms with Gasteiger partial charge in [0.05, 0.1) is 18.6 Å². The topological polar surface area (TPSA) is 119 Å². The van der Waals surface area contributed by atoms with E-state index in [1.807, 2.05) is 0 Å². The quantitative estimate of drug-likeness (QED) is 0.556. The number of carboxylic acids is 1. The Labute approximate surface area is 126 Å². The number of carbonyl (C=O) groups is 2. The van der Waals surface area contributed by atoms with Gasteiger partial charge in [0.15, 0.2) is 5.75 Å². The van der Waals surface area contributed by atoms with Crippen LogP contribution in [0.1, 0.15) is 10.4 Å². The summed E-state index contributed by atoms with van der Waals surface area (Å²) in [6.07, 6.45) is 0. The Morgan fingerprint density at radius 2 is 2.05 bits per heavy atom. The first-order valence-corrected chi connectivity index (χ1v) is 6.23. The van der Waals surface area contributed by atoms with Crippen molar-refractivity contribution in [3.05, 3.63) is 33.9 Å². The summed E-state index contributed by atoms with van der Waals surface area (Å²) < 4.78 is 9.67. The van der Waals surface area contributed by atoms with Crippen molar-refractivity contribution >= 4 is 17.6 Å². The Morgan fingerprint density at radius 3 is 2.55 bits per heavy atom. The summed E-state index contributed by atoms with van der Waals surface area (Å²) in [4.78, 5) is 34.5. The van der Waals surface area contributed by atoms with Gasteiger partial charge in [-0.1, -0.05) is 0 Å². The number of nitrogens with zero attached hydrogens (tertiary/aromatic N) is 2. The van der Waals surface area contributed by atoms with E-state index < -0.39 is 23.3 Å². The van der Waals surface area contributed by atoms with Gasteiger partial charge in [-0.2, -0.15) is 0 Å². The molecule has 9 heteroatoms. The Hall–Kier alpha value is -2.68. The van der Waals surface area contributed by atoms with Gasteiger partial charge in [-0.15, -0.1) is 0 Å². The van der Waals surface area contributed by atoms with Crippen molar-refractivity contribution in [2.24, 2.45) is 0 Å². The third-order valence-corrected chi connectivity index (χ3v) is 2.80. The molecular weight excluding hydrogens is 296 g/mol. The molecular formula is C13H16N2O7. The van der Waals surface area contributed by atoms with Crippen LogP contribution in [0.4, 0.5) is 5.69 Å². The first kappa shape index (κ1) is 17.4. The van der Waals surface area contributed by atoms with Gasteiger partial charge in [-0.05, 0) is 12.1 Å². The van der Waals surface area contributed by atoms with Crippen molar-refractivity contribution < 1.29 is 29.1 Å². The molecule has 0 saturated carbocycles. The molecule has 0 aliphatic carbocycles. The number of rotatable bonds is 8. The molecule has 0 aromatic heterocycles. The molecule has 22 heavy (non-hydrogen) atoms. The summed E-state index contributed by atoms with van der Waals surface area (Å²) >= 11 is 0. The first-order chi connectivity index (χ1) is 10.4. The molecule has 1 N–H and O–H groups in total. The summed E-state index contributed by atoms with van der Waals surface area (Å²) in [7, 11) is 2.70. The number of carbonyl (C=O) groups excluding carboxylic acids is 1. The first-order valence-electron chi connectivity index (χ1n) is 6.23. The monoisotopic (exact) mass is 312 g/mol. The van der Waals surface area contributed by atoms with Crippen LogP contribution in [-0.4, -0.2) is 60.7 Å². The lowest BCUT2D eigenvalue weighted by molar-refractivity contribution is -0.385. The van der Waals surface area contributed by atoms with Crippen molar-refractivity contribution in [1.82, 2.24) is 4.90 Å². The van der Waals surface area contributed by atoms with E-state index in [9.17, 15) is 19.7 Å². The fourth-order valence-corrected chi connectivity index (χ4v) is 1.77. The van der Waals surface area contributed by atoms with E-state index in [1.165, 1.54) is 26.4 Å². The van der Waals surface area contributed by atoms with Crippen LogP contribution in [0.3, 0.4) is 0 Å². The summed E-state index contributed by atoms with van der Waals surface area (Å²) in [6.45, 7) is -0.319. The zero-order chi connectivity index (χ0) is 16.7. The number of nitro groups is 1. The van der Waals surface area contributed by atoms with Crippen LogP contribution in [0.5, 0.6) is 5.75 Å². The highest BCUT2D eigenvalue weighted by Crippen LogP contribution is 2.27. The van der Waals surface area contributed by atoms with Gasteiger partial charge in [0.2, 0.25) is 0 Å². The van der Waals surface area contributed by atoms with Crippen LogP contribution >= 0.6 is 0 Å². The number of amides is 1. The molecule has 0 unspecified atom stereocenters. The molecule has 0 fully saturated rings. The Morgan fingerprint density at radius 1 is 1.36 bits per heavy atom. The molecule has 1 amide bonds. The number of hydrogen-bond acceptors (Lipinski definition) is 6. The molecule has 1 rings (SSSR count). The lowest BCUT2D eigenvalue weighted by Gasteiger charge is -2.20. The van der Waals surface area contributed by atoms with Gasteiger partial charge in [0.1, 0.15) is 6.54 Å². The van der Waals surface area contributed by atoms with E-state index in [0.29, 0.717) is 0 Å². The van der Waals surface area contributed by atoms with Crippen molar-refractivity contribution in [3.8, 4) is 5.75 Å². The maximum atomic E-state index is 12.3. The van der Waals surface area contributed by atoms with E-state index >= 15 is 0 Å². The second-order valence-corrected chi connectivity index (χ2v) is 4.26. The van der Waals surface area contributed by atoms with Gasteiger partial charge >= 0.3 is 11.7 Å². The predicted molar refractivity (Wildman–Crippen MR) is 75.1 cm³/mol. The van der Waals surface area contributed by atoms with Gasteiger partial charge in [0.25, 0.3) is 5.91 Å². The summed E-state index contributed by atoms with van der Waals surface area (Å²) in [5.74, 6) is -1.80. The summed E-state index contributed by atoms with van der Waals surface area (Å²) in [5.41, 5.74) is -0.361. The molecule has 0 spiro atoms. The molecule has 0 bridgehead atoms. The van der Waals surface area contributed by atoms with Gasteiger partial charge in [-0.3, -0.25) is 19.7 Å². The van der Waals surface area contributed by atoms with E-state index in [1.54, 1.807) is 0 Å². The lowest BCUT2D eigenvalue weighted by atomic mass is 10.1. The number of methoxy groups -OCH3 is 2. The predicted octanol–water partition coefficient (Wildman–Crippen LogP) is 0.777. The number of ether oxygens (including phenoxy) is 2. The fourth-order valence-electron chi connectivity index (χ4n) is 1.77. The minimum atomic E-state index is -1.19. The number of nitro benzene ring substituents is 1. The number of carboxylic acid groups (broad SMARTS) is 1. The zero-order valence-electron chi connectivity index (χ0n) is 12.1. The maximum Gasteiger partial charge on any atom is 0.323 e. The van der Waals surface area contributed by atoms with E-state index in [2.05, 4.69) is 0 Å². The Bertz CT molecular complexity index is 574. The average molecular weight is 312 g/mol. The van der Waals surface area contributed by atoms with Gasteiger partial charge in [-0.25, -0.2) is 0 Å². The normalized spacial score (nSPS) is 10.1. The molecule has 1 aromatic rings. The Balaban J connectivity index is 3.09. The highest BCUT2D eigenvalue weighted by atomic mass is 16.6. The number of hydrogen-bond donors (Lipinski definition) is 1. The third-order valence-electron chi connectivity index (χ3n) is 2.80. The summed E-state index contributed by atoms with van der Waals surface area (Å²) in [6, 6.07) is 3.69. The summed E-state index contributed by atoms with van der Waals surface area (Å²) in [5, 5.41) is 19.8. The van der Waals surface area contributed by atoms with Crippen molar-refractivity contribution in [2.45, 2.75) is 0 Å². The molecule has 0 radical (unpaired) electrons. The number of aliphatic carboxylic acids is 1. The zero-order valence-corrected chi connectivity index (χ0v) is 12.1. The number of benzene rings is 1. The van der Waals surface area contributed by atoms with E-state index in [0.717, 1.165) is 11.0 Å². The largest absolute Gasteiger partial charge is 0.490 e.